The van der Waals surface area contributed by atoms with Gasteiger partial charge >= 0.3 is 0 Å². The minimum atomic E-state index is 0.571. The summed E-state index contributed by atoms with van der Waals surface area (Å²) in [5, 5.41) is 3.58. The Morgan fingerprint density at radius 2 is 2.21 bits per heavy atom. The minimum absolute atomic E-state index is 0.571. The Morgan fingerprint density at radius 1 is 1.36 bits per heavy atom. The quantitative estimate of drug-likeness (QED) is 0.807. The van der Waals surface area contributed by atoms with Gasteiger partial charge in [0.25, 0.3) is 0 Å². The molecule has 0 bridgehead atoms. The van der Waals surface area contributed by atoms with Crippen molar-refractivity contribution in [1.82, 2.24) is 5.32 Å². The summed E-state index contributed by atoms with van der Waals surface area (Å²) < 4.78 is 1.19. The molecule has 0 amide bonds. The lowest BCUT2D eigenvalue weighted by atomic mass is 9.94. The third-order valence-corrected chi connectivity index (χ3v) is 3.42. The molecule has 0 spiro atoms. The predicted octanol–water partition coefficient (Wildman–Crippen LogP) is 3.57. The molecular weight excluding hydrogens is 238 g/mol. The highest BCUT2D eigenvalue weighted by Gasteiger charge is 2.16. The zero-order chi connectivity index (χ0) is 9.97. The average Bonchev–Trinajstić information content (AvgIpc) is 2.23. The third kappa shape index (κ3) is 2.18. The number of aryl methyl sites for hydroxylation is 1. The fraction of sp³-hybridized carbons (Fsp3) is 0.500. The van der Waals surface area contributed by atoms with Crippen molar-refractivity contribution in [2.24, 2.45) is 0 Å². The van der Waals surface area contributed by atoms with Gasteiger partial charge in [-0.25, -0.2) is 0 Å². The molecule has 2 rings (SSSR count). The first-order chi connectivity index (χ1) is 6.77. The molecule has 1 fully saturated rings. The van der Waals surface area contributed by atoms with Crippen molar-refractivity contribution in [2.75, 3.05) is 6.54 Å². The first-order valence-electron chi connectivity index (χ1n) is 5.27. The summed E-state index contributed by atoms with van der Waals surface area (Å²) in [5.74, 6) is 0. The SMILES string of the molecule is Cc1ccc(Br)cc1[C@H]1CCCCN1. The van der Waals surface area contributed by atoms with E-state index in [2.05, 4.69) is 46.4 Å². The second-order valence-electron chi connectivity index (χ2n) is 4.00. The number of hydrogen-bond donors (Lipinski definition) is 1. The van der Waals surface area contributed by atoms with Gasteiger partial charge in [-0.3, -0.25) is 0 Å². The van der Waals surface area contributed by atoms with E-state index in [1.807, 2.05) is 0 Å². The van der Waals surface area contributed by atoms with Crippen LogP contribution in [0, 0.1) is 6.92 Å². The molecule has 0 unspecified atom stereocenters. The van der Waals surface area contributed by atoms with Crippen LogP contribution in [0.5, 0.6) is 0 Å². The Morgan fingerprint density at radius 3 is 2.93 bits per heavy atom. The Kier molecular flexibility index (Phi) is 3.24. The molecule has 14 heavy (non-hydrogen) atoms. The molecule has 0 aromatic heterocycles. The highest BCUT2D eigenvalue weighted by Crippen LogP contribution is 2.27. The maximum absolute atomic E-state index is 3.58. The molecular formula is C12H16BrN. The second-order valence-corrected chi connectivity index (χ2v) is 4.92. The molecule has 1 saturated heterocycles. The summed E-state index contributed by atoms with van der Waals surface area (Å²) in [4.78, 5) is 0. The number of halogens is 1. The summed E-state index contributed by atoms with van der Waals surface area (Å²) in [5.41, 5.74) is 2.85. The fourth-order valence-corrected chi connectivity index (χ4v) is 2.48. The van der Waals surface area contributed by atoms with E-state index >= 15 is 0 Å². The van der Waals surface area contributed by atoms with Gasteiger partial charge < -0.3 is 5.32 Å². The van der Waals surface area contributed by atoms with Gasteiger partial charge in [0.05, 0.1) is 0 Å². The van der Waals surface area contributed by atoms with Crippen LogP contribution in [0.4, 0.5) is 0 Å². The highest BCUT2D eigenvalue weighted by molar-refractivity contribution is 9.10. The van der Waals surface area contributed by atoms with Gasteiger partial charge in [0, 0.05) is 10.5 Å². The van der Waals surface area contributed by atoms with Gasteiger partial charge in [-0.1, -0.05) is 28.4 Å². The standard InChI is InChI=1S/C12H16BrN/c1-9-5-6-10(13)8-11(9)12-4-2-3-7-14-12/h5-6,8,12,14H,2-4,7H2,1H3/t12-/m1/s1. The van der Waals surface area contributed by atoms with E-state index in [4.69, 9.17) is 0 Å². The van der Waals surface area contributed by atoms with Crippen LogP contribution < -0.4 is 5.32 Å². The Labute approximate surface area is 94.0 Å². The van der Waals surface area contributed by atoms with Crippen molar-refractivity contribution in [3.05, 3.63) is 33.8 Å². The highest BCUT2D eigenvalue weighted by atomic mass is 79.9. The molecule has 2 heteroatoms. The van der Waals surface area contributed by atoms with Crippen LogP contribution in [0.1, 0.15) is 36.4 Å². The van der Waals surface area contributed by atoms with Gasteiger partial charge in [-0.2, -0.15) is 0 Å². The van der Waals surface area contributed by atoms with Crippen LogP contribution in [0.25, 0.3) is 0 Å². The van der Waals surface area contributed by atoms with Crippen LogP contribution in [0.15, 0.2) is 22.7 Å². The topological polar surface area (TPSA) is 12.0 Å². The van der Waals surface area contributed by atoms with E-state index in [9.17, 15) is 0 Å². The molecule has 1 aromatic carbocycles. The van der Waals surface area contributed by atoms with E-state index in [0.717, 1.165) is 6.54 Å². The monoisotopic (exact) mass is 253 g/mol. The van der Waals surface area contributed by atoms with Crippen molar-refractivity contribution < 1.29 is 0 Å². The summed E-state index contributed by atoms with van der Waals surface area (Å²) in [6.45, 7) is 3.36. The number of rotatable bonds is 1. The van der Waals surface area contributed by atoms with E-state index in [1.165, 1.54) is 34.9 Å². The average molecular weight is 254 g/mol. The number of benzene rings is 1. The van der Waals surface area contributed by atoms with E-state index in [-0.39, 0.29) is 0 Å². The molecule has 0 aliphatic carbocycles. The van der Waals surface area contributed by atoms with Crippen LogP contribution in [0.2, 0.25) is 0 Å². The van der Waals surface area contributed by atoms with Gasteiger partial charge in [-0.15, -0.1) is 0 Å². The molecule has 1 aliphatic heterocycles. The van der Waals surface area contributed by atoms with Crippen molar-refractivity contribution in [1.29, 1.82) is 0 Å². The molecule has 1 aromatic rings. The largest absolute Gasteiger partial charge is 0.310 e. The minimum Gasteiger partial charge on any atom is -0.310 e. The summed E-state index contributed by atoms with van der Waals surface area (Å²) >= 11 is 3.54. The normalized spacial score (nSPS) is 22.3. The molecule has 1 nitrogen and oxygen atoms in total. The molecule has 0 saturated carbocycles. The third-order valence-electron chi connectivity index (χ3n) is 2.93. The van der Waals surface area contributed by atoms with Gasteiger partial charge in [-0.05, 0) is 49.6 Å². The van der Waals surface area contributed by atoms with E-state index < -0.39 is 0 Å². The maximum atomic E-state index is 3.58. The van der Waals surface area contributed by atoms with Crippen molar-refractivity contribution in [3.8, 4) is 0 Å². The molecule has 1 N–H and O–H groups in total. The van der Waals surface area contributed by atoms with Crippen LogP contribution in [-0.2, 0) is 0 Å². The zero-order valence-corrected chi connectivity index (χ0v) is 10.1. The lowest BCUT2D eigenvalue weighted by Gasteiger charge is -2.25. The zero-order valence-electron chi connectivity index (χ0n) is 8.52. The lowest BCUT2D eigenvalue weighted by Crippen LogP contribution is -2.27. The molecule has 1 aliphatic rings. The van der Waals surface area contributed by atoms with Crippen molar-refractivity contribution >= 4 is 15.9 Å². The summed E-state index contributed by atoms with van der Waals surface area (Å²) in [6, 6.07) is 7.12. The van der Waals surface area contributed by atoms with Crippen molar-refractivity contribution in [2.45, 2.75) is 32.2 Å². The molecule has 1 atom stereocenters. The Bertz CT molecular complexity index is 316. The first-order valence-corrected chi connectivity index (χ1v) is 6.06. The van der Waals surface area contributed by atoms with Crippen LogP contribution in [-0.4, -0.2) is 6.54 Å². The Hall–Kier alpha value is -0.340. The number of piperidine rings is 1. The molecule has 0 radical (unpaired) electrons. The van der Waals surface area contributed by atoms with Gasteiger partial charge in [0.1, 0.15) is 0 Å². The van der Waals surface area contributed by atoms with Gasteiger partial charge in [0.15, 0.2) is 0 Å². The smallest absolute Gasteiger partial charge is 0.0323 e. The Balaban J connectivity index is 2.24. The number of nitrogens with one attached hydrogen (secondary N) is 1. The lowest BCUT2D eigenvalue weighted by molar-refractivity contribution is 0.411. The van der Waals surface area contributed by atoms with Crippen LogP contribution in [0.3, 0.4) is 0 Å². The first kappa shape index (κ1) is 10.2. The maximum Gasteiger partial charge on any atom is 0.0323 e. The molecule has 76 valence electrons. The van der Waals surface area contributed by atoms with E-state index in [0.29, 0.717) is 6.04 Å². The van der Waals surface area contributed by atoms with E-state index in [1.54, 1.807) is 0 Å². The summed E-state index contributed by atoms with van der Waals surface area (Å²) in [7, 11) is 0. The van der Waals surface area contributed by atoms with Crippen molar-refractivity contribution in [3.63, 3.8) is 0 Å². The summed E-state index contributed by atoms with van der Waals surface area (Å²) in [6.07, 6.45) is 3.95. The molecule has 1 heterocycles. The number of hydrogen-bond acceptors (Lipinski definition) is 1. The van der Waals surface area contributed by atoms with Crippen LogP contribution >= 0.6 is 15.9 Å². The fourth-order valence-electron chi connectivity index (χ4n) is 2.10. The van der Waals surface area contributed by atoms with Gasteiger partial charge in [0.2, 0.25) is 0 Å². The predicted molar refractivity (Wildman–Crippen MR) is 63.5 cm³/mol. The second kappa shape index (κ2) is 4.45.